The summed E-state index contributed by atoms with van der Waals surface area (Å²) in [6, 6.07) is 3.40. The summed E-state index contributed by atoms with van der Waals surface area (Å²) in [5.41, 5.74) is -1.31. The van der Waals surface area contributed by atoms with Crippen LogP contribution in [-0.2, 0) is 16.9 Å². The minimum Gasteiger partial charge on any atom is -0.463 e. The molecule has 1 amide bonds. The fourth-order valence-electron chi connectivity index (χ4n) is 2.20. The number of nitrogens with zero attached hydrogens (tertiary/aromatic N) is 3. The minimum atomic E-state index is -1.31. The van der Waals surface area contributed by atoms with E-state index in [9.17, 15) is 20.0 Å². The molecule has 0 aliphatic carbocycles. The van der Waals surface area contributed by atoms with Crippen molar-refractivity contribution in [2.45, 2.75) is 39.3 Å². The van der Waals surface area contributed by atoms with Gasteiger partial charge in [0.2, 0.25) is 11.7 Å². The molecule has 0 aromatic carbocycles. The van der Waals surface area contributed by atoms with Crippen LogP contribution in [0, 0.1) is 24.0 Å². The number of aliphatic hydroxyl groups is 1. The molecule has 2 rings (SSSR count). The third-order valence-electron chi connectivity index (χ3n) is 3.63. The van der Waals surface area contributed by atoms with Gasteiger partial charge in [-0.15, -0.1) is 0 Å². The number of imidazole rings is 1. The van der Waals surface area contributed by atoms with Crippen LogP contribution in [0.25, 0.3) is 0 Å². The van der Waals surface area contributed by atoms with Gasteiger partial charge in [-0.3, -0.25) is 4.79 Å². The first-order chi connectivity index (χ1) is 11.2. The molecule has 24 heavy (non-hydrogen) atoms. The molecule has 0 saturated carbocycles. The standard InChI is InChI=1S/C15H20N4O5/c1-10-4-5-12(24-10)15(3,21)9-16-14(20)6-7-18-8-13(19(22)23)17-11(18)2/h4-5,8,21H,6-7,9H2,1-3H3,(H,16,20). The van der Waals surface area contributed by atoms with Gasteiger partial charge in [0.15, 0.2) is 0 Å². The first kappa shape index (κ1) is 17.7. The predicted octanol–water partition coefficient (Wildman–Crippen LogP) is 1.42. The second-order valence-corrected chi connectivity index (χ2v) is 5.81. The van der Waals surface area contributed by atoms with Crippen LogP contribution in [0.3, 0.4) is 0 Å². The largest absolute Gasteiger partial charge is 0.463 e. The molecule has 9 nitrogen and oxygen atoms in total. The van der Waals surface area contributed by atoms with Crippen molar-refractivity contribution in [2.24, 2.45) is 0 Å². The number of carbonyl (C=O) groups excluding carboxylic acids is 1. The lowest BCUT2D eigenvalue weighted by Crippen LogP contribution is -2.38. The Balaban J connectivity index is 1.86. The summed E-state index contributed by atoms with van der Waals surface area (Å²) in [6.45, 7) is 5.22. The Morgan fingerprint density at radius 2 is 2.21 bits per heavy atom. The van der Waals surface area contributed by atoms with Crippen LogP contribution in [0.1, 0.15) is 30.7 Å². The molecule has 130 valence electrons. The smallest absolute Gasteiger partial charge is 0.381 e. The highest BCUT2D eigenvalue weighted by Gasteiger charge is 2.27. The highest BCUT2D eigenvalue weighted by molar-refractivity contribution is 5.75. The van der Waals surface area contributed by atoms with Crippen LogP contribution >= 0.6 is 0 Å². The summed E-state index contributed by atoms with van der Waals surface area (Å²) in [5, 5.41) is 23.6. The third kappa shape index (κ3) is 4.19. The number of hydrogen-bond acceptors (Lipinski definition) is 6. The van der Waals surface area contributed by atoms with Crippen LogP contribution in [0.5, 0.6) is 0 Å². The normalized spacial score (nSPS) is 13.5. The quantitative estimate of drug-likeness (QED) is 0.582. The van der Waals surface area contributed by atoms with E-state index in [1.165, 1.54) is 6.20 Å². The Morgan fingerprint density at radius 3 is 2.75 bits per heavy atom. The topological polar surface area (TPSA) is 123 Å². The van der Waals surface area contributed by atoms with Gasteiger partial charge < -0.3 is 29.5 Å². The molecule has 0 spiro atoms. The van der Waals surface area contributed by atoms with Crippen molar-refractivity contribution < 1.29 is 19.2 Å². The molecule has 0 saturated heterocycles. The molecule has 2 aromatic heterocycles. The fraction of sp³-hybridized carbons (Fsp3) is 0.467. The number of rotatable bonds is 7. The predicted molar refractivity (Wildman–Crippen MR) is 84.3 cm³/mol. The average molecular weight is 336 g/mol. The van der Waals surface area contributed by atoms with Gasteiger partial charge in [-0.05, 0) is 35.9 Å². The van der Waals surface area contributed by atoms with E-state index in [4.69, 9.17) is 4.42 Å². The summed E-state index contributed by atoms with van der Waals surface area (Å²) < 4.78 is 6.92. The molecule has 2 N–H and O–H groups in total. The van der Waals surface area contributed by atoms with Crippen molar-refractivity contribution in [3.8, 4) is 0 Å². The molecule has 1 unspecified atom stereocenters. The van der Waals surface area contributed by atoms with Crippen LogP contribution in [0.4, 0.5) is 5.82 Å². The lowest BCUT2D eigenvalue weighted by molar-refractivity contribution is -0.389. The van der Waals surface area contributed by atoms with Gasteiger partial charge in [-0.1, -0.05) is 0 Å². The number of aromatic nitrogens is 2. The van der Waals surface area contributed by atoms with Gasteiger partial charge in [0, 0.05) is 19.9 Å². The maximum absolute atomic E-state index is 11.9. The third-order valence-corrected chi connectivity index (χ3v) is 3.63. The summed E-state index contributed by atoms with van der Waals surface area (Å²) in [5.74, 6) is 0.987. The maximum atomic E-state index is 11.9. The van der Waals surface area contributed by atoms with E-state index in [2.05, 4.69) is 10.3 Å². The number of aryl methyl sites for hydroxylation is 3. The minimum absolute atomic E-state index is 0.00183. The summed E-state index contributed by atoms with van der Waals surface area (Å²) in [7, 11) is 0. The first-order valence-electron chi connectivity index (χ1n) is 7.43. The van der Waals surface area contributed by atoms with E-state index >= 15 is 0 Å². The summed E-state index contributed by atoms with van der Waals surface area (Å²) in [4.78, 5) is 25.8. The molecule has 0 radical (unpaired) electrons. The van der Waals surface area contributed by atoms with Gasteiger partial charge in [-0.2, -0.15) is 0 Å². The number of carbonyl (C=O) groups is 1. The molecule has 9 heteroatoms. The van der Waals surface area contributed by atoms with Crippen molar-refractivity contribution in [3.05, 3.63) is 45.8 Å². The SMILES string of the molecule is Cc1ccc(C(C)(O)CNC(=O)CCn2cc([N+](=O)[O-])nc2C)o1. The second-order valence-electron chi connectivity index (χ2n) is 5.81. The van der Waals surface area contributed by atoms with Crippen molar-refractivity contribution in [2.75, 3.05) is 6.54 Å². The Hall–Kier alpha value is -2.68. The summed E-state index contributed by atoms with van der Waals surface area (Å²) in [6.07, 6.45) is 1.41. The zero-order chi connectivity index (χ0) is 17.9. The summed E-state index contributed by atoms with van der Waals surface area (Å²) >= 11 is 0. The molecule has 2 aromatic rings. The molecular weight excluding hydrogens is 316 g/mol. The first-order valence-corrected chi connectivity index (χ1v) is 7.43. The monoisotopic (exact) mass is 336 g/mol. The van der Waals surface area contributed by atoms with E-state index in [0.29, 0.717) is 17.3 Å². The lowest BCUT2D eigenvalue weighted by Gasteiger charge is -2.21. The van der Waals surface area contributed by atoms with Gasteiger partial charge in [0.1, 0.15) is 23.3 Å². The molecule has 0 aliphatic rings. The van der Waals surface area contributed by atoms with Crippen molar-refractivity contribution in [1.29, 1.82) is 0 Å². The van der Waals surface area contributed by atoms with Gasteiger partial charge in [-0.25, -0.2) is 0 Å². The van der Waals surface area contributed by atoms with E-state index in [-0.39, 0.29) is 31.2 Å². The lowest BCUT2D eigenvalue weighted by atomic mass is 10.0. The molecule has 0 fully saturated rings. The van der Waals surface area contributed by atoms with Crippen LogP contribution in [0.15, 0.2) is 22.7 Å². The van der Waals surface area contributed by atoms with E-state index in [0.717, 1.165) is 0 Å². The number of amides is 1. The highest BCUT2D eigenvalue weighted by Crippen LogP contribution is 2.22. The Morgan fingerprint density at radius 1 is 1.50 bits per heavy atom. The van der Waals surface area contributed by atoms with E-state index in [1.54, 1.807) is 37.5 Å². The molecule has 1 atom stereocenters. The van der Waals surface area contributed by atoms with Crippen LogP contribution in [0.2, 0.25) is 0 Å². The Bertz CT molecular complexity index is 747. The van der Waals surface area contributed by atoms with E-state index < -0.39 is 10.5 Å². The number of nitro groups is 1. The molecule has 0 bridgehead atoms. The molecular formula is C15H20N4O5. The Labute approximate surface area is 138 Å². The number of furan rings is 1. The van der Waals surface area contributed by atoms with Crippen molar-refractivity contribution >= 4 is 11.7 Å². The van der Waals surface area contributed by atoms with Crippen molar-refractivity contribution in [1.82, 2.24) is 14.9 Å². The average Bonchev–Trinajstić information content (AvgIpc) is 3.10. The highest BCUT2D eigenvalue weighted by atomic mass is 16.6. The van der Waals surface area contributed by atoms with Gasteiger partial charge >= 0.3 is 5.82 Å². The maximum Gasteiger partial charge on any atom is 0.381 e. The number of hydrogen-bond donors (Lipinski definition) is 2. The van der Waals surface area contributed by atoms with E-state index in [1.807, 2.05) is 0 Å². The fourth-order valence-corrected chi connectivity index (χ4v) is 2.20. The van der Waals surface area contributed by atoms with Gasteiger partial charge in [0.05, 0.1) is 6.54 Å². The van der Waals surface area contributed by atoms with Gasteiger partial charge in [0.25, 0.3) is 0 Å². The number of nitrogens with one attached hydrogen (secondary N) is 1. The molecule has 2 heterocycles. The van der Waals surface area contributed by atoms with Crippen LogP contribution < -0.4 is 5.32 Å². The van der Waals surface area contributed by atoms with Crippen LogP contribution in [-0.4, -0.2) is 32.0 Å². The molecule has 0 aliphatic heterocycles. The zero-order valence-electron chi connectivity index (χ0n) is 13.8. The Kier molecular flexibility index (Phi) is 5.03. The zero-order valence-corrected chi connectivity index (χ0v) is 13.8. The van der Waals surface area contributed by atoms with Crippen molar-refractivity contribution in [3.63, 3.8) is 0 Å². The second kappa shape index (κ2) is 6.83.